The maximum Gasteiger partial charge on any atom is 0.221 e. The van der Waals surface area contributed by atoms with Crippen LogP contribution in [0.4, 0.5) is 0 Å². The average molecular weight is 1480 g/mol. The van der Waals surface area contributed by atoms with Crippen molar-refractivity contribution in [3.63, 3.8) is 0 Å². The predicted octanol–water partition coefficient (Wildman–Crippen LogP) is -4.74. The van der Waals surface area contributed by atoms with Crippen LogP contribution in [0.1, 0.15) is 44.3 Å². The highest BCUT2D eigenvalue weighted by Crippen LogP contribution is 2.42. The number of aliphatic hydroxyl groups excluding tert-OH is 6. The molecule has 103 heavy (non-hydrogen) atoms. The fourth-order valence-electron chi connectivity index (χ4n) is 12.1. The Bertz CT molecular complexity index is 2570. The number of ether oxygens (including phenoxy) is 21. The van der Waals surface area contributed by atoms with Crippen LogP contribution in [0.25, 0.3) is 0 Å². The van der Waals surface area contributed by atoms with Gasteiger partial charge in [-0.25, -0.2) is 14.0 Å². The van der Waals surface area contributed by atoms with Crippen molar-refractivity contribution in [3.8, 4) is 0 Å². The van der Waals surface area contributed by atoms with Gasteiger partial charge in [0.25, 0.3) is 0 Å². The van der Waals surface area contributed by atoms with E-state index >= 15 is 0 Å². The Morgan fingerprint density at radius 2 is 0.699 bits per heavy atom. The van der Waals surface area contributed by atoms with E-state index < -0.39 is 77.8 Å². The number of hydrogen-bond donors (Lipinski definition) is 8. The Labute approximate surface area is 597 Å². The molecule has 9 heterocycles. The minimum atomic E-state index is -1.25. The summed E-state index contributed by atoms with van der Waals surface area (Å²) in [5.74, 6) is -1.37. The van der Waals surface area contributed by atoms with Crippen LogP contribution in [0.2, 0.25) is 0 Å². The Balaban J connectivity index is 0.646. The van der Waals surface area contributed by atoms with Crippen molar-refractivity contribution in [1.82, 2.24) is 50.3 Å². The van der Waals surface area contributed by atoms with Gasteiger partial charge in [0, 0.05) is 30.7 Å². The molecule has 3 aromatic heterocycles. The second kappa shape index (κ2) is 43.1. The van der Waals surface area contributed by atoms with Crippen LogP contribution in [-0.2, 0) is 144 Å². The Kier molecular flexibility index (Phi) is 34.6. The van der Waals surface area contributed by atoms with Crippen LogP contribution < -0.4 is 11.1 Å². The van der Waals surface area contributed by atoms with Crippen LogP contribution in [0.5, 0.6) is 0 Å². The summed E-state index contributed by atoms with van der Waals surface area (Å²) in [7, 11) is 0. The monoisotopic (exact) mass is 1480 g/mol. The van der Waals surface area contributed by atoms with Crippen molar-refractivity contribution in [2.24, 2.45) is 23.5 Å². The van der Waals surface area contributed by atoms with Gasteiger partial charge in [-0.2, -0.15) is 0 Å². The lowest BCUT2D eigenvalue weighted by molar-refractivity contribution is -0.249. The second-order valence-corrected chi connectivity index (χ2v) is 26.4. The predicted molar refractivity (Wildman–Crippen MR) is 348 cm³/mol. The van der Waals surface area contributed by atoms with Crippen molar-refractivity contribution in [2.75, 3.05) is 205 Å². The zero-order valence-electron chi connectivity index (χ0n) is 59.3. The van der Waals surface area contributed by atoms with E-state index in [1.807, 2.05) is 0 Å². The third-order valence-corrected chi connectivity index (χ3v) is 18.2. The largest absolute Gasteiger partial charge is 0.390 e. The molecule has 1 amide bonds. The fraction of sp³-hybridized carbons (Fsp3) is 0.891. The van der Waals surface area contributed by atoms with E-state index in [4.69, 9.17) is 105 Å². The molecule has 9 N–H and O–H groups in total. The number of nitrogens with two attached hydrogens (primary N) is 1. The third kappa shape index (κ3) is 24.9. The van der Waals surface area contributed by atoms with Crippen LogP contribution in [0.15, 0.2) is 18.6 Å². The SMILES string of the molecule is C[C@H]1[C@H]2OC[C@](COCCOCCOCCOCCn3cc(COCC(COCc4cn(CCOCCOCCOCCOC[C@@]56CO[C@@H](O5)[C@H](C)[C@@H](O)[C@H]6O)nn4)(COCc4cn(CCOCCOCCOCCOC[C@@]56CO[C@@H](O5)[C@H](C)[C@@H](O)[C@H]6O)nn4)NC(=O)CCN)nn3)(O2)[C@H](O)[C@@H]1O. The maximum atomic E-state index is 13.4. The molecule has 0 unspecified atom stereocenters. The maximum absolute atomic E-state index is 13.4. The smallest absolute Gasteiger partial charge is 0.221 e. The molecule has 6 fully saturated rings. The molecule has 9 rings (SSSR count). The molecule has 6 aliphatic rings. The summed E-state index contributed by atoms with van der Waals surface area (Å²) < 4.78 is 126. The van der Waals surface area contributed by atoms with E-state index in [0.29, 0.717) is 156 Å². The molecule has 39 nitrogen and oxygen atoms in total. The normalized spacial score (nSPS) is 28.9. The number of rotatable bonds is 57. The number of nitrogens with one attached hydrogen (secondary N) is 1. The van der Waals surface area contributed by atoms with E-state index in [1.165, 1.54) is 0 Å². The molecule has 0 radical (unpaired) electrons. The van der Waals surface area contributed by atoms with Gasteiger partial charge in [0.2, 0.25) is 5.91 Å². The third-order valence-electron chi connectivity index (χ3n) is 18.2. The van der Waals surface area contributed by atoms with Crippen molar-refractivity contribution in [3.05, 3.63) is 35.7 Å². The molecule has 0 saturated carbocycles. The molecule has 0 aliphatic carbocycles. The van der Waals surface area contributed by atoms with Crippen LogP contribution in [0, 0.1) is 17.8 Å². The van der Waals surface area contributed by atoms with Gasteiger partial charge in [0.05, 0.1) is 275 Å². The zero-order valence-corrected chi connectivity index (χ0v) is 59.3. The van der Waals surface area contributed by atoms with Gasteiger partial charge in [-0.1, -0.05) is 36.4 Å². The molecule has 39 heteroatoms. The first kappa shape index (κ1) is 82.8. The Hall–Kier alpha value is -4.23. The van der Waals surface area contributed by atoms with E-state index in [1.54, 1.807) is 53.4 Å². The first-order valence-corrected chi connectivity index (χ1v) is 35.4. The molecule has 15 atom stereocenters. The highest BCUT2D eigenvalue weighted by molar-refractivity contribution is 5.77. The van der Waals surface area contributed by atoms with Gasteiger partial charge < -0.3 is 141 Å². The first-order valence-electron chi connectivity index (χ1n) is 35.4. The molecule has 3 aromatic rings. The number of amides is 1. The molecule has 588 valence electrons. The summed E-state index contributed by atoms with van der Waals surface area (Å²) in [5.41, 5.74) is 2.88. The minimum Gasteiger partial charge on any atom is -0.390 e. The van der Waals surface area contributed by atoms with Gasteiger partial charge in [-0.15, -0.1) is 15.3 Å². The van der Waals surface area contributed by atoms with Crippen LogP contribution in [-0.4, -0.2) is 364 Å². The molecule has 0 spiro atoms. The summed E-state index contributed by atoms with van der Waals surface area (Å²) in [5, 5.41) is 91.4. The van der Waals surface area contributed by atoms with Gasteiger partial charge in [-0.3, -0.25) is 4.79 Å². The van der Waals surface area contributed by atoms with Crippen molar-refractivity contribution in [2.45, 2.75) is 144 Å². The molecule has 6 aliphatic heterocycles. The molecular formula is C64H109N11O28. The van der Waals surface area contributed by atoms with Crippen molar-refractivity contribution in [1.29, 1.82) is 0 Å². The van der Waals surface area contributed by atoms with Crippen molar-refractivity contribution >= 4 is 5.91 Å². The van der Waals surface area contributed by atoms with Crippen molar-refractivity contribution < 1.29 is 135 Å². The number of aliphatic hydroxyl groups is 6. The number of fused-ring (bicyclic) bond motifs is 6. The number of aromatic nitrogens is 9. The second-order valence-electron chi connectivity index (χ2n) is 26.4. The van der Waals surface area contributed by atoms with Crippen LogP contribution >= 0.6 is 0 Å². The number of nitrogens with zero attached hydrogens (tertiary/aromatic N) is 9. The van der Waals surface area contributed by atoms with E-state index in [2.05, 4.69) is 36.3 Å². The summed E-state index contributed by atoms with van der Waals surface area (Å²) >= 11 is 0. The summed E-state index contributed by atoms with van der Waals surface area (Å²) in [6.45, 7) is 14.0. The number of carbonyl (C=O) groups is 1. The molecular weight excluding hydrogens is 1370 g/mol. The van der Waals surface area contributed by atoms with E-state index in [9.17, 15) is 35.4 Å². The topological polar surface area (TPSA) is 462 Å². The van der Waals surface area contributed by atoms with E-state index in [0.717, 1.165) is 0 Å². The Morgan fingerprint density at radius 3 is 0.971 bits per heavy atom. The van der Waals surface area contributed by atoms with Crippen LogP contribution in [0.3, 0.4) is 0 Å². The standard InChI is InChI=1S/C64H109N11O28/c1-45-52(77)55(80)62(42-98-58(45)101-62)39-92-27-24-89-21-18-86-15-12-83-9-6-73-30-48(67-70-73)33-95-36-61(66-51(76)4-5-65,37-96-34-49-31-74(71-68-49)7-10-84-13-16-87-19-22-90-25-28-93-40-63-43-99-59(102-63)46(2)53(78)56(63)81)38-97-35-50-32-75(72-69-50)8-11-85-14-17-88-20-23-91-26-29-94-41-64-44-100-60(103-64)47(3)54(79)57(64)82/h30-32,45-47,52-60,77-82H,4-29,33-44,65H2,1-3H3,(H,66,76)/t45-,46-,47-,52-,53-,54-,55-,56-,57-,58+,59+,60+,62+,63+,64+/m1/s1. The molecule has 6 bridgehead atoms. The molecule has 6 saturated heterocycles. The minimum absolute atomic E-state index is 0.0228. The number of hydrogen-bond acceptors (Lipinski definition) is 35. The van der Waals surface area contributed by atoms with Gasteiger partial charge >= 0.3 is 0 Å². The molecule has 0 aromatic carbocycles. The van der Waals surface area contributed by atoms with Gasteiger partial charge in [0.1, 0.15) is 57.7 Å². The lowest BCUT2D eigenvalue weighted by Gasteiger charge is -2.41. The average Bonchev–Trinajstić information content (AvgIpc) is 1.64. The Morgan fingerprint density at radius 1 is 0.437 bits per heavy atom. The number of carbonyl (C=O) groups excluding carboxylic acids is 1. The summed E-state index contributed by atoms with van der Waals surface area (Å²) in [6, 6.07) is 0. The highest BCUT2D eigenvalue weighted by atomic mass is 16.8. The zero-order chi connectivity index (χ0) is 72.8. The quantitative estimate of drug-likeness (QED) is 0.0246. The van der Waals surface area contributed by atoms with E-state index in [-0.39, 0.29) is 136 Å². The lowest BCUT2D eigenvalue weighted by Crippen LogP contribution is -2.60. The lowest BCUT2D eigenvalue weighted by atomic mass is 9.86. The summed E-state index contributed by atoms with van der Waals surface area (Å²) in [4.78, 5) is 13.4. The fourth-order valence-corrected chi connectivity index (χ4v) is 12.1. The van der Waals surface area contributed by atoms with Gasteiger partial charge in [0.15, 0.2) is 18.9 Å². The highest BCUT2D eigenvalue weighted by Gasteiger charge is 2.60. The van der Waals surface area contributed by atoms with Gasteiger partial charge in [-0.05, 0) is 0 Å². The summed E-state index contributed by atoms with van der Waals surface area (Å²) in [6.07, 6.45) is -2.69. The first-order chi connectivity index (χ1) is 50.1.